The van der Waals surface area contributed by atoms with E-state index in [4.69, 9.17) is 4.74 Å². The van der Waals surface area contributed by atoms with Gasteiger partial charge in [0.2, 0.25) is 0 Å². The largest absolute Gasteiger partial charge is 0.473 e. The van der Waals surface area contributed by atoms with E-state index in [-0.39, 0.29) is 12.8 Å². The lowest BCUT2D eigenvalue weighted by Crippen LogP contribution is -2.43. The lowest BCUT2D eigenvalue weighted by Gasteiger charge is -2.17. The van der Waals surface area contributed by atoms with Crippen LogP contribution in [0.4, 0.5) is 4.79 Å². The number of hydrogen-bond acceptors (Lipinski definition) is 2. The van der Waals surface area contributed by atoms with E-state index in [1.807, 2.05) is 12.1 Å². The Hall–Kier alpha value is -1.71. The molecule has 1 aliphatic rings. The summed E-state index contributed by atoms with van der Waals surface area (Å²) in [5.41, 5.74) is 1.31. The molecule has 22 heavy (non-hydrogen) atoms. The van der Waals surface area contributed by atoms with Gasteiger partial charge in [0, 0.05) is 6.04 Å². The van der Waals surface area contributed by atoms with Gasteiger partial charge >= 0.3 is 6.03 Å². The van der Waals surface area contributed by atoms with E-state index >= 15 is 0 Å². The molecule has 0 spiro atoms. The van der Waals surface area contributed by atoms with Crippen molar-refractivity contribution >= 4 is 6.03 Å². The highest BCUT2D eigenvalue weighted by molar-refractivity contribution is 5.74. The van der Waals surface area contributed by atoms with Crippen molar-refractivity contribution < 1.29 is 9.53 Å². The van der Waals surface area contributed by atoms with Gasteiger partial charge in [0.25, 0.3) is 0 Å². The predicted octanol–water partition coefficient (Wildman–Crippen LogP) is 4.00. The summed E-state index contributed by atoms with van der Waals surface area (Å²) < 4.78 is 5.55. The molecule has 0 bridgehead atoms. The average Bonchev–Trinajstić information content (AvgIpc) is 2.78. The molecule has 0 atom stereocenters. The first kappa shape index (κ1) is 16.7. The van der Waals surface area contributed by atoms with Crippen molar-refractivity contribution in [2.45, 2.75) is 64.3 Å². The second-order valence-electron chi connectivity index (χ2n) is 6.02. The first-order valence-electron chi connectivity index (χ1n) is 8.54. The Morgan fingerprint density at radius 2 is 1.82 bits per heavy atom. The van der Waals surface area contributed by atoms with Crippen molar-refractivity contribution in [1.29, 1.82) is 0 Å². The Morgan fingerprint density at radius 1 is 1.14 bits per heavy atom. The van der Waals surface area contributed by atoms with E-state index in [0.29, 0.717) is 6.04 Å². The van der Waals surface area contributed by atoms with E-state index in [2.05, 4.69) is 29.7 Å². The summed E-state index contributed by atoms with van der Waals surface area (Å²) in [5, 5.41) is 5.81. The van der Waals surface area contributed by atoms with Crippen LogP contribution in [0.1, 0.15) is 57.4 Å². The van der Waals surface area contributed by atoms with E-state index in [9.17, 15) is 4.79 Å². The second-order valence-corrected chi connectivity index (χ2v) is 6.02. The Bertz CT molecular complexity index is 437. The maximum absolute atomic E-state index is 11.9. The van der Waals surface area contributed by atoms with Gasteiger partial charge in [0.15, 0.2) is 6.73 Å². The lowest BCUT2D eigenvalue weighted by molar-refractivity contribution is 0.219. The van der Waals surface area contributed by atoms with Gasteiger partial charge < -0.3 is 15.4 Å². The van der Waals surface area contributed by atoms with E-state index in [0.717, 1.165) is 31.4 Å². The number of carbonyl (C=O) groups is 1. The first-order valence-corrected chi connectivity index (χ1v) is 8.54. The van der Waals surface area contributed by atoms with Crippen LogP contribution in [-0.4, -0.2) is 18.8 Å². The zero-order valence-electron chi connectivity index (χ0n) is 13.6. The Labute approximate surface area is 133 Å². The number of carbonyl (C=O) groups excluding carboxylic acids is 1. The highest BCUT2D eigenvalue weighted by Gasteiger charge is 2.14. The van der Waals surface area contributed by atoms with Crippen LogP contribution in [0.15, 0.2) is 24.3 Å². The Balaban J connectivity index is 1.65. The zero-order chi connectivity index (χ0) is 15.6. The molecule has 0 radical (unpaired) electrons. The molecule has 4 nitrogen and oxygen atoms in total. The normalized spacial score (nSPS) is 15.9. The number of ether oxygens (including phenoxy) is 1. The molecule has 0 saturated heterocycles. The van der Waals surface area contributed by atoms with Crippen LogP contribution in [0.5, 0.6) is 5.75 Å². The molecule has 0 unspecified atom stereocenters. The summed E-state index contributed by atoms with van der Waals surface area (Å²) in [6, 6.07) is 8.24. The molecule has 1 aliphatic carbocycles. The highest BCUT2D eigenvalue weighted by atomic mass is 16.5. The average molecular weight is 304 g/mol. The third-order valence-electron chi connectivity index (χ3n) is 4.12. The standard InChI is InChI=1S/C18H28N2O2/c1-2-7-15-10-12-17(13-11-15)22-14-19-18(21)20-16-8-5-3-4-6-9-16/h10-13,16H,2-9,14H2,1H3,(H2,19,20,21). The Morgan fingerprint density at radius 3 is 2.45 bits per heavy atom. The first-order chi connectivity index (χ1) is 10.8. The van der Waals surface area contributed by atoms with Crippen molar-refractivity contribution in [3.63, 3.8) is 0 Å². The summed E-state index contributed by atoms with van der Waals surface area (Å²) in [6.45, 7) is 2.37. The van der Waals surface area contributed by atoms with Gasteiger partial charge in [-0.15, -0.1) is 0 Å². The zero-order valence-corrected chi connectivity index (χ0v) is 13.6. The van der Waals surface area contributed by atoms with Crippen molar-refractivity contribution in [2.24, 2.45) is 0 Å². The monoisotopic (exact) mass is 304 g/mol. The molecular formula is C18H28N2O2. The minimum atomic E-state index is -0.130. The fourth-order valence-corrected chi connectivity index (χ4v) is 2.89. The fraction of sp³-hybridized carbons (Fsp3) is 0.611. The van der Waals surface area contributed by atoms with Crippen LogP contribution >= 0.6 is 0 Å². The van der Waals surface area contributed by atoms with Crippen molar-refractivity contribution in [1.82, 2.24) is 10.6 Å². The van der Waals surface area contributed by atoms with Crippen LogP contribution in [0, 0.1) is 0 Å². The molecule has 1 saturated carbocycles. The third-order valence-corrected chi connectivity index (χ3v) is 4.12. The summed E-state index contributed by atoms with van der Waals surface area (Å²) in [5.74, 6) is 0.787. The van der Waals surface area contributed by atoms with Crippen LogP contribution in [0.3, 0.4) is 0 Å². The maximum atomic E-state index is 11.9. The van der Waals surface area contributed by atoms with Gasteiger partial charge in [-0.05, 0) is 37.0 Å². The number of benzene rings is 1. The van der Waals surface area contributed by atoms with Gasteiger partial charge in [0.1, 0.15) is 5.75 Å². The molecule has 2 amide bonds. The number of rotatable bonds is 6. The predicted molar refractivity (Wildman–Crippen MR) is 89.1 cm³/mol. The van der Waals surface area contributed by atoms with E-state index < -0.39 is 0 Å². The minimum absolute atomic E-state index is 0.130. The molecule has 1 fully saturated rings. The van der Waals surface area contributed by atoms with Gasteiger partial charge in [-0.1, -0.05) is 51.2 Å². The number of hydrogen-bond donors (Lipinski definition) is 2. The molecule has 2 rings (SSSR count). The summed E-state index contributed by atoms with van der Waals surface area (Å²) in [7, 11) is 0. The molecule has 0 aromatic heterocycles. The SMILES string of the molecule is CCCc1ccc(OCNC(=O)NC2CCCCCC2)cc1. The fourth-order valence-electron chi connectivity index (χ4n) is 2.89. The van der Waals surface area contributed by atoms with Gasteiger partial charge in [-0.2, -0.15) is 0 Å². The number of urea groups is 1. The van der Waals surface area contributed by atoms with Gasteiger partial charge in [-0.25, -0.2) is 4.79 Å². The minimum Gasteiger partial charge on any atom is -0.473 e. The topological polar surface area (TPSA) is 50.4 Å². The van der Waals surface area contributed by atoms with Gasteiger partial charge in [-0.3, -0.25) is 0 Å². The highest BCUT2D eigenvalue weighted by Crippen LogP contribution is 2.17. The molecule has 4 heteroatoms. The quantitative estimate of drug-likeness (QED) is 0.616. The molecular weight excluding hydrogens is 276 g/mol. The third kappa shape index (κ3) is 5.96. The van der Waals surface area contributed by atoms with E-state index in [1.165, 1.54) is 31.2 Å². The Kier molecular flexibility index (Phi) is 7.07. The number of nitrogens with one attached hydrogen (secondary N) is 2. The van der Waals surface area contributed by atoms with Crippen molar-refractivity contribution in [3.8, 4) is 5.75 Å². The molecule has 2 N–H and O–H groups in total. The van der Waals surface area contributed by atoms with Crippen molar-refractivity contribution in [2.75, 3.05) is 6.73 Å². The molecule has 122 valence electrons. The van der Waals surface area contributed by atoms with Crippen molar-refractivity contribution in [3.05, 3.63) is 29.8 Å². The summed E-state index contributed by atoms with van der Waals surface area (Å²) in [6.07, 6.45) is 9.41. The van der Waals surface area contributed by atoms with Crippen LogP contribution in [0.25, 0.3) is 0 Å². The molecule has 0 aliphatic heterocycles. The summed E-state index contributed by atoms with van der Waals surface area (Å²) in [4.78, 5) is 11.9. The second kappa shape index (κ2) is 9.34. The van der Waals surface area contributed by atoms with Crippen LogP contribution < -0.4 is 15.4 Å². The smallest absolute Gasteiger partial charge is 0.317 e. The maximum Gasteiger partial charge on any atom is 0.317 e. The number of amides is 2. The molecule has 0 heterocycles. The number of aryl methyl sites for hydroxylation is 1. The molecule has 1 aromatic carbocycles. The van der Waals surface area contributed by atoms with Gasteiger partial charge in [0.05, 0.1) is 0 Å². The molecule has 1 aromatic rings. The van der Waals surface area contributed by atoms with E-state index in [1.54, 1.807) is 0 Å². The van der Waals surface area contributed by atoms with Crippen LogP contribution in [0.2, 0.25) is 0 Å². The summed E-state index contributed by atoms with van der Waals surface area (Å²) >= 11 is 0. The van der Waals surface area contributed by atoms with Crippen LogP contribution in [-0.2, 0) is 6.42 Å². The lowest BCUT2D eigenvalue weighted by atomic mass is 10.1.